The Labute approximate surface area is 227 Å². The van der Waals surface area contributed by atoms with E-state index in [-0.39, 0.29) is 17.6 Å². The Morgan fingerprint density at radius 1 is 1.03 bits per heavy atom. The molecule has 1 aromatic heterocycles. The molecule has 1 amide bonds. The first-order valence-corrected chi connectivity index (χ1v) is 12.8. The molecule has 1 atom stereocenters. The van der Waals surface area contributed by atoms with E-state index >= 15 is 0 Å². The molecule has 198 valence electrons. The van der Waals surface area contributed by atoms with Crippen molar-refractivity contribution < 1.29 is 14.3 Å². The van der Waals surface area contributed by atoms with Gasteiger partial charge in [-0.3, -0.25) is 10.2 Å². The van der Waals surface area contributed by atoms with Crippen molar-refractivity contribution in [2.45, 2.75) is 25.5 Å². The second-order valence-corrected chi connectivity index (χ2v) is 9.32. The van der Waals surface area contributed by atoms with Gasteiger partial charge in [0.05, 0.1) is 11.3 Å². The van der Waals surface area contributed by atoms with Gasteiger partial charge in [-0.05, 0) is 54.8 Å². The van der Waals surface area contributed by atoms with Gasteiger partial charge in [-0.2, -0.15) is 0 Å². The monoisotopic (exact) mass is 522 g/mol. The largest absolute Gasteiger partial charge is 0.489 e. The van der Waals surface area contributed by atoms with Crippen molar-refractivity contribution in [3.8, 4) is 17.2 Å². The molecule has 1 fully saturated rings. The van der Waals surface area contributed by atoms with Crippen LogP contribution in [0.25, 0.3) is 0 Å². The SMILES string of the molecule is N=C(c1ccc(Oc2cccc(OCc3ccccc3)c2)cc1)c1c(N)ncnc1NC1CCCN(C=O)C1. The van der Waals surface area contributed by atoms with Gasteiger partial charge in [0.25, 0.3) is 0 Å². The van der Waals surface area contributed by atoms with Crippen molar-refractivity contribution in [1.29, 1.82) is 5.41 Å². The highest BCUT2D eigenvalue weighted by Gasteiger charge is 2.22. The minimum absolute atomic E-state index is 0.0213. The lowest BCUT2D eigenvalue weighted by molar-refractivity contribution is -0.119. The highest BCUT2D eigenvalue weighted by molar-refractivity contribution is 6.16. The maximum absolute atomic E-state index is 11.2. The third kappa shape index (κ3) is 6.51. The molecule has 4 N–H and O–H groups in total. The van der Waals surface area contributed by atoms with Crippen molar-refractivity contribution >= 4 is 23.8 Å². The van der Waals surface area contributed by atoms with Gasteiger partial charge in [0, 0.05) is 30.8 Å². The van der Waals surface area contributed by atoms with Crippen LogP contribution in [0.15, 0.2) is 85.2 Å². The average molecular weight is 523 g/mol. The van der Waals surface area contributed by atoms with Crippen molar-refractivity contribution in [3.05, 3.63) is 102 Å². The molecule has 1 saturated heterocycles. The summed E-state index contributed by atoms with van der Waals surface area (Å²) < 4.78 is 11.9. The summed E-state index contributed by atoms with van der Waals surface area (Å²) in [4.78, 5) is 21.4. The summed E-state index contributed by atoms with van der Waals surface area (Å²) in [5, 5.41) is 12.2. The first-order valence-electron chi connectivity index (χ1n) is 12.8. The topological polar surface area (TPSA) is 126 Å². The lowest BCUT2D eigenvalue weighted by Gasteiger charge is -2.31. The van der Waals surface area contributed by atoms with Crippen LogP contribution in [0.1, 0.15) is 29.5 Å². The fourth-order valence-corrected chi connectivity index (χ4v) is 4.51. The molecule has 4 aromatic rings. The van der Waals surface area contributed by atoms with Crippen molar-refractivity contribution in [2.24, 2.45) is 0 Å². The van der Waals surface area contributed by atoms with Crippen molar-refractivity contribution in [1.82, 2.24) is 14.9 Å². The fraction of sp³-hybridized carbons (Fsp3) is 0.200. The van der Waals surface area contributed by atoms with Crippen LogP contribution in [0.5, 0.6) is 17.2 Å². The third-order valence-electron chi connectivity index (χ3n) is 6.50. The van der Waals surface area contributed by atoms with Gasteiger partial charge in [-0.15, -0.1) is 0 Å². The normalized spacial score (nSPS) is 14.9. The molecule has 0 bridgehead atoms. The van der Waals surface area contributed by atoms with Crippen molar-refractivity contribution in [2.75, 3.05) is 24.1 Å². The van der Waals surface area contributed by atoms with Crippen LogP contribution >= 0.6 is 0 Å². The minimum atomic E-state index is 0.0213. The van der Waals surface area contributed by atoms with Gasteiger partial charge in [0.15, 0.2) is 0 Å². The Kier molecular flexibility index (Phi) is 7.97. The predicted molar refractivity (Wildman–Crippen MR) is 150 cm³/mol. The number of rotatable bonds is 10. The van der Waals surface area contributed by atoms with E-state index in [1.165, 1.54) is 6.33 Å². The molecule has 0 saturated carbocycles. The molecule has 2 heterocycles. The Morgan fingerprint density at radius 3 is 2.62 bits per heavy atom. The quantitative estimate of drug-likeness (QED) is 0.200. The molecule has 1 unspecified atom stereocenters. The Bertz CT molecular complexity index is 1430. The molecule has 3 aromatic carbocycles. The number of amides is 1. The zero-order valence-electron chi connectivity index (χ0n) is 21.4. The Hall–Kier alpha value is -4.92. The van der Waals surface area contributed by atoms with Crippen LogP contribution in [0, 0.1) is 5.41 Å². The number of ether oxygens (including phenoxy) is 2. The van der Waals surface area contributed by atoms with Crippen LogP contribution in [0.4, 0.5) is 11.6 Å². The number of hydrogen-bond donors (Lipinski definition) is 3. The van der Waals surface area contributed by atoms with Gasteiger partial charge in [-0.1, -0.05) is 36.4 Å². The number of piperidine rings is 1. The van der Waals surface area contributed by atoms with E-state index in [9.17, 15) is 4.79 Å². The second kappa shape index (κ2) is 12.1. The number of nitrogen functional groups attached to an aromatic ring is 1. The number of likely N-dealkylation sites (tertiary alicyclic amines) is 1. The maximum Gasteiger partial charge on any atom is 0.209 e. The van der Waals surface area contributed by atoms with E-state index in [0.29, 0.717) is 47.3 Å². The molecule has 39 heavy (non-hydrogen) atoms. The molecule has 1 aliphatic rings. The average Bonchev–Trinajstić information content (AvgIpc) is 2.97. The molecule has 5 rings (SSSR count). The van der Waals surface area contributed by atoms with Gasteiger partial charge in [-0.25, -0.2) is 9.97 Å². The van der Waals surface area contributed by atoms with E-state index in [1.807, 2.05) is 54.6 Å². The van der Waals surface area contributed by atoms with Crippen LogP contribution in [0.3, 0.4) is 0 Å². The molecular weight excluding hydrogens is 492 g/mol. The fourth-order valence-electron chi connectivity index (χ4n) is 4.51. The molecule has 0 spiro atoms. The smallest absolute Gasteiger partial charge is 0.209 e. The van der Waals surface area contributed by atoms with E-state index in [1.54, 1.807) is 29.2 Å². The van der Waals surface area contributed by atoms with Gasteiger partial charge in [0.2, 0.25) is 6.41 Å². The number of hydrogen-bond acceptors (Lipinski definition) is 8. The first-order chi connectivity index (χ1) is 19.1. The summed E-state index contributed by atoms with van der Waals surface area (Å²) in [7, 11) is 0. The molecule has 0 aliphatic carbocycles. The lowest BCUT2D eigenvalue weighted by atomic mass is 10.0. The standard InChI is InChI=1S/C30H30N6O3/c31-28(27-29(32)33-19-34-30(27)35-23-8-5-15-36(17-23)20-37)22-11-13-24(14-12-22)39-26-10-4-9-25(16-26)38-18-21-6-2-1-3-7-21/h1-4,6-7,9-14,16,19-20,23,31H,5,8,15,17-18H2,(H3,32,33,34,35). The van der Waals surface area contributed by atoms with Crippen LogP contribution in [0.2, 0.25) is 0 Å². The zero-order chi connectivity index (χ0) is 27.0. The summed E-state index contributed by atoms with van der Waals surface area (Å²) in [6.45, 7) is 1.79. The van der Waals surface area contributed by atoms with Crippen molar-refractivity contribution in [3.63, 3.8) is 0 Å². The molecule has 9 nitrogen and oxygen atoms in total. The number of nitrogens with two attached hydrogens (primary N) is 1. The maximum atomic E-state index is 11.2. The van der Waals surface area contributed by atoms with E-state index < -0.39 is 0 Å². The second-order valence-electron chi connectivity index (χ2n) is 9.32. The Balaban J connectivity index is 1.26. The van der Waals surface area contributed by atoms with E-state index in [0.717, 1.165) is 31.4 Å². The summed E-state index contributed by atoms with van der Waals surface area (Å²) in [5.74, 6) is 2.68. The van der Waals surface area contributed by atoms with E-state index in [2.05, 4.69) is 15.3 Å². The number of carbonyl (C=O) groups excluding carboxylic acids is 1. The Morgan fingerprint density at radius 2 is 1.82 bits per heavy atom. The van der Waals surface area contributed by atoms with Crippen LogP contribution in [-0.2, 0) is 11.4 Å². The summed E-state index contributed by atoms with van der Waals surface area (Å²) in [6, 6.07) is 24.7. The third-order valence-corrected chi connectivity index (χ3v) is 6.50. The van der Waals surface area contributed by atoms with Gasteiger partial charge in [0.1, 0.15) is 41.8 Å². The summed E-state index contributed by atoms with van der Waals surface area (Å²) in [5.41, 5.74) is 8.55. The predicted octanol–water partition coefficient (Wildman–Crippen LogP) is 4.88. The molecular formula is C30H30N6O3. The van der Waals surface area contributed by atoms with Crippen LogP contribution < -0.4 is 20.5 Å². The summed E-state index contributed by atoms with van der Waals surface area (Å²) in [6.07, 6.45) is 4.03. The number of nitrogens with zero attached hydrogens (tertiary/aromatic N) is 3. The minimum Gasteiger partial charge on any atom is -0.489 e. The van der Waals surface area contributed by atoms with Crippen LogP contribution in [-0.4, -0.2) is 46.1 Å². The number of benzene rings is 3. The van der Waals surface area contributed by atoms with Gasteiger partial charge < -0.3 is 25.4 Å². The number of aromatic nitrogens is 2. The highest BCUT2D eigenvalue weighted by Crippen LogP contribution is 2.28. The lowest BCUT2D eigenvalue weighted by Crippen LogP contribution is -2.41. The zero-order valence-corrected chi connectivity index (χ0v) is 21.4. The number of carbonyl (C=O) groups is 1. The molecule has 0 radical (unpaired) electrons. The van der Waals surface area contributed by atoms with Gasteiger partial charge >= 0.3 is 0 Å². The van der Waals surface area contributed by atoms with E-state index in [4.69, 9.17) is 20.6 Å². The highest BCUT2D eigenvalue weighted by atomic mass is 16.5. The summed E-state index contributed by atoms with van der Waals surface area (Å²) >= 11 is 0. The molecule has 9 heteroatoms. The number of nitrogens with one attached hydrogen (secondary N) is 2. The molecule has 1 aliphatic heterocycles. The number of anilines is 2. The first kappa shape index (κ1) is 25.7.